The van der Waals surface area contributed by atoms with Gasteiger partial charge in [0.25, 0.3) is 0 Å². The van der Waals surface area contributed by atoms with Crippen molar-refractivity contribution in [3.05, 3.63) is 35.5 Å². The molecule has 6 atom stereocenters. The minimum atomic E-state index is -0.680. The minimum Gasteiger partial charge on any atom is -0.393 e. The van der Waals surface area contributed by atoms with E-state index in [1.165, 1.54) is 31.3 Å². The second kappa shape index (κ2) is 9.28. The predicted molar refractivity (Wildman–Crippen MR) is 121 cm³/mol. The Labute approximate surface area is 182 Å². The number of allylic oxidation sites excluding steroid dienone is 3. The average molecular weight is 419 g/mol. The van der Waals surface area contributed by atoms with Crippen LogP contribution in [0.5, 0.6) is 0 Å². The summed E-state index contributed by atoms with van der Waals surface area (Å²) in [5.74, 6) is 1.11. The highest BCUT2D eigenvalue weighted by Crippen LogP contribution is 2.58. The van der Waals surface area contributed by atoms with Gasteiger partial charge >= 0.3 is 0 Å². The van der Waals surface area contributed by atoms with Crippen molar-refractivity contribution in [3.63, 3.8) is 0 Å². The van der Waals surface area contributed by atoms with E-state index in [0.717, 1.165) is 17.6 Å². The van der Waals surface area contributed by atoms with Gasteiger partial charge in [0.1, 0.15) is 0 Å². The van der Waals surface area contributed by atoms with Gasteiger partial charge in [-0.25, -0.2) is 0 Å². The molecule has 3 fully saturated rings. The molecule has 0 saturated heterocycles. The highest BCUT2D eigenvalue weighted by molar-refractivity contribution is 5.38. The first kappa shape index (κ1) is 23.7. The SMILES string of the molecule is C=C1C(=CC=C2CCC[C@@]3(C)[C@@H]2CC[C@@H]3[C@H](C)OCCC(C)(C)O)C[C@@H](O)C[C@@H]1O. The molecule has 0 radical (unpaired) electrons. The fourth-order valence-electron chi connectivity index (χ4n) is 6.13. The Hall–Kier alpha value is -0.940. The summed E-state index contributed by atoms with van der Waals surface area (Å²) in [6.45, 7) is 13.0. The number of fused-ring (bicyclic) bond motifs is 1. The number of aliphatic hydroxyl groups is 3. The Morgan fingerprint density at radius 1 is 1.27 bits per heavy atom. The van der Waals surface area contributed by atoms with Crippen LogP contribution in [0.15, 0.2) is 35.5 Å². The lowest BCUT2D eigenvalue weighted by atomic mass is 9.62. The maximum atomic E-state index is 10.1. The van der Waals surface area contributed by atoms with E-state index in [1.807, 2.05) is 13.8 Å². The number of aliphatic hydroxyl groups excluding tert-OH is 2. The predicted octanol–water partition coefficient (Wildman–Crippen LogP) is 4.69. The maximum Gasteiger partial charge on any atom is 0.0811 e. The van der Waals surface area contributed by atoms with Crippen molar-refractivity contribution >= 4 is 0 Å². The summed E-state index contributed by atoms with van der Waals surface area (Å²) in [5, 5.41) is 30.1. The van der Waals surface area contributed by atoms with Crippen LogP contribution in [0.1, 0.15) is 79.1 Å². The van der Waals surface area contributed by atoms with Crippen molar-refractivity contribution in [1.82, 2.24) is 0 Å². The molecule has 0 aliphatic heterocycles. The van der Waals surface area contributed by atoms with E-state index < -0.39 is 17.8 Å². The van der Waals surface area contributed by atoms with Gasteiger partial charge in [-0.15, -0.1) is 0 Å². The molecule has 0 aromatic heterocycles. The molecule has 30 heavy (non-hydrogen) atoms. The van der Waals surface area contributed by atoms with Crippen molar-refractivity contribution in [2.24, 2.45) is 17.3 Å². The van der Waals surface area contributed by atoms with Crippen LogP contribution in [0.4, 0.5) is 0 Å². The third kappa shape index (κ3) is 5.27. The molecule has 0 aromatic carbocycles. The van der Waals surface area contributed by atoms with Crippen LogP contribution < -0.4 is 0 Å². The van der Waals surface area contributed by atoms with Crippen LogP contribution >= 0.6 is 0 Å². The van der Waals surface area contributed by atoms with E-state index in [2.05, 4.69) is 32.6 Å². The second-order valence-corrected chi connectivity index (χ2v) is 10.8. The van der Waals surface area contributed by atoms with Crippen molar-refractivity contribution in [3.8, 4) is 0 Å². The number of hydrogen-bond acceptors (Lipinski definition) is 4. The topological polar surface area (TPSA) is 69.9 Å². The zero-order valence-electron chi connectivity index (χ0n) is 19.4. The highest BCUT2D eigenvalue weighted by Gasteiger charge is 2.51. The molecule has 3 saturated carbocycles. The molecule has 0 unspecified atom stereocenters. The molecule has 0 spiro atoms. The van der Waals surface area contributed by atoms with Gasteiger partial charge in [-0.2, -0.15) is 0 Å². The van der Waals surface area contributed by atoms with E-state index >= 15 is 0 Å². The summed E-state index contributed by atoms with van der Waals surface area (Å²) in [6, 6.07) is 0. The lowest BCUT2D eigenvalue weighted by molar-refractivity contribution is -0.0454. The first-order valence-corrected chi connectivity index (χ1v) is 11.8. The Morgan fingerprint density at radius 3 is 2.70 bits per heavy atom. The van der Waals surface area contributed by atoms with Crippen LogP contribution in [-0.4, -0.2) is 45.8 Å². The van der Waals surface area contributed by atoms with Gasteiger partial charge in [-0.3, -0.25) is 0 Å². The third-order valence-corrected chi connectivity index (χ3v) is 7.96. The molecule has 0 amide bonds. The van der Waals surface area contributed by atoms with E-state index in [1.54, 1.807) is 0 Å². The third-order valence-electron chi connectivity index (χ3n) is 7.96. The maximum absolute atomic E-state index is 10.1. The number of rotatable bonds is 6. The van der Waals surface area contributed by atoms with Crippen molar-refractivity contribution in [2.75, 3.05) is 6.61 Å². The van der Waals surface area contributed by atoms with Gasteiger partial charge < -0.3 is 20.1 Å². The zero-order chi connectivity index (χ0) is 22.1. The average Bonchev–Trinajstić information content (AvgIpc) is 3.00. The normalized spacial score (nSPS) is 38.8. The first-order valence-electron chi connectivity index (χ1n) is 11.8. The number of hydrogen-bond donors (Lipinski definition) is 3. The Bertz CT molecular complexity index is 686. The van der Waals surface area contributed by atoms with E-state index in [-0.39, 0.29) is 11.5 Å². The lowest BCUT2D eigenvalue weighted by Gasteiger charge is -2.44. The standard InChI is InChI=1S/C26H42O4/c1-17-20(15-21(27)16-24(17)28)9-8-19-7-6-12-26(5)22(10-11-23(19)26)18(2)30-14-13-25(3,4)29/h8-9,18,21-24,27-29H,1,6-7,10-16H2,2-5H3/t18-,21+,22+,23+,24-,26+/m0/s1. The molecule has 4 heteroatoms. The smallest absolute Gasteiger partial charge is 0.0811 e. The van der Waals surface area contributed by atoms with Gasteiger partial charge in [0.15, 0.2) is 0 Å². The first-order chi connectivity index (χ1) is 14.0. The van der Waals surface area contributed by atoms with Crippen LogP contribution in [0, 0.1) is 17.3 Å². The molecule has 3 N–H and O–H groups in total. The summed E-state index contributed by atoms with van der Waals surface area (Å²) in [5.41, 5.74) is 2.82. The van der Waals surface area contributed by atoms with Gasteiger partial charge in [-0.05, 0) is 94.1 Å². The second-order valence-electron chi connectivity index (χ2n) is 10.8. The zero-order valence-corrected chi connectivity index (χ0v) is 19.4. The minimum absolute atomic E-state index is 0.198. The fraction of sp³-hybridized carbons (Fsp3) is 0.769. The molecular weight excluding hydrogens is 376 g/mol. The van der Waals surface area contributed by atoms with Crippen LogP contribution in [0.2, 0.25) is 0 Å². The summed E-state index contributed by atoms with van der Waals surface area (Å²) >= 11 is 0. The van der Waals surface area contributed by atoms with Crippen LogP contribution in [-0.2, 0) is 4.74 Å². The molecule has 3 rings (SSSR count). The highest BCUT2D eigenvalue weighted by atomic mass is 16.5. The molecule has 3 aliphatic carbocycles. The molecule has 0 bridgehead atoms. The van der Waals surface area contributed by atoms with E-state index in [9.17, 15) is 15.3 Å². The van der Waals surface area contributed by atoms with Crippen molar-refractivity contribution in [2.45, 2.75) is 103 Å². The van der Waals surface area contributed by atoms with E-state index in [4.69, 9.17) is 4.74 Å². The molecule has 0 aromatic rings. The molecule has 3 aliphatic rings. The summed E-state index contributed by atoms with van der Waals surface area (Å²) in [6.07, 6.45) is 11.0. The monoisotopic (exact) mass is 418 g/mol. The fourth-order valence-corrected chi connectivity index (χ4v) is 6.13. The quantitative estimate of drug-likeness (QED) is 0.585. The molecule has 0 heterocycles. The molecule has 170 valence electrons. The van der Waals surface area contributed by atoms with Crippen molar-refractivity contribution < 1.29 is 20.1 Å². The van der Waals surface area contributed by atoms with E-state index in [0.29, 0.717) is 37.7 Å². The summed E-state index contributed by atoms with van der Waals surface area (Å²) in [4.78, 5) is 0. The van der Waals surface area contributed by atoms with Crippen LogP contribution in [0.25, 0.3) is 0 Å². The van der Waals surface area contributed by atoms with Gasteiger partial charge in [-0.1, -0.05) is 31.2 Å². The Morgan fingerprint density at radius 2 is 2.00 bits per heavy atom. The number of ether oxygens (including phenoxy) is 1. The van der Waals surface area contributed by atoms with Crippen LogP contribution in [0.3, 0.4) is 0 Å². The van der Waals surface area contributed by atoms with Gasteiger partial charge in [0, 0.05) is 13.0 Å². The Balaban J connectivity index is 1.70. The summed E-state index contributed by atoms with van der Waals surface area (Å²) in [7, 11) is 0. The van der Waals surface area contributed by atoms with Crippen molar-refractivity contribution in [1.29, 1.82) is 0 Å². The Kier molecular flexibility index (Phi) is 7.33. The largest absolute Gasteiger partial charge is 0.393 e. The summed E-state index contributed by atoms with van der Waals surface area (Å²) < 4.78 is 6.19. The lowest BCUT2D eigenvalue weighted by Crippen LogP contribution is -2.39. The molecular formula is C26H42O4. The van der Waals surface area contributed by atoms with Gasteiger partial charge in [0.2, 0.25) is 0 Å². The van der Waals surface area contributed by atoms with Gasteiger partial charge in [0.05, 0.1) is 23.9 Å². The molecule has 4 nitrogen and oxygen atoms in total.